The third kappa shape index (κ3) is 2.53. The van der Waals surface area contributed by atoms with Crippen molar-refractivity contribution in [1.82, 2.24) is 10.3 Å². The summed E-state index contributed by atoms with van der Waals surface area (Å²) >= 11 is 0. The van der Waals surface area contributed by atoms with Crippen molar-refractivity contribution >= 4 is 0 Å². The van der Waals surface area contributed by atoms with Gasteiger partial charge in [0.2, 0.25) is 0 Å². The second kappa shape index (κ2) is 5.57. The van der Waals surface area contributed by atoms with Crippen LogP contribution in [0.15, 0.2) is 24.5 Å². The molecule has 106 valence electrons. The van der Waals surface area contributed by atoms with Crippen LogP contribution in [0.2, 0.25) is 0 Å². The molecular weight excluding hydrogens is 240 g/mol. The van der Waals surface area contributed by atoms with Crippen LogP contribution in [-0.4, -0.2) is 34.9 Å². The Bertz CT molecular complexity index is 408. The summed E-state index contributed by atoms with van der Waals surface area (Å²) in [5.74, 6) is 0. The lowest BCUT2D eigenvalue weighted by Gasteiger charge is -2.60. The van der Waals surface area contributed by atoms with Gasteiger partial charge in [-0.05, 0) is 25.0 Å². The summed E-state index contributed by atoms with van der Waals surface area (Å²) in [6, 6.07) is 3.97. The first-order valence-electron chi connectivity index (χ1n) is 6.92. The first-order chi connectivity index (χ1) is 9.05. The Hall–Kier alpha value is -0.970. The summed E-state index contributed by atoms with van der Waals surface area (Å²) in [7, 11) is 0. The van der Waals surface area contributed by atoms with E-state index in [-0.39, 0.29) is 23.7 Å². The van der Waals surface area contributed by atoms with Gasteiger partial charge < -0.3 is 15.2 Å². The predicted octanol–water partition coefficient (Wildman–Crippen LogP) is 1.74. The molecule has 4 nitrogen and oxygen atoms in total. The average Bonchev–Trinajstić information content (AvgIpc) is 2.43. The average molecular weight is 264 g/mol. The normalized spacial score (nSPS) is 28.9. The highest BCUT2D eigenvalue weighted by atomic mass is 16.5. The van der Waals surface area contributed by atoms with Crippen LogP contribution in [0.5, 0.6) is 0 Å². The van der Waals surface area contributed by atoms with Crippen molar-refractivity contribution < 1.29 is 9.84 Å². The Morgan fingerprint density at radius 2 is 2.32 bits per heavy atom. The molecule has 2 rings (SSSR count). The lowest BCUT2D eigenvalue weighted by atomic mass is 9.54. The molecule has 19 heavy (non-hydrogen) atoms. The van der Waals surface area contributed by atoms with Gasteiger partial charge in [-0.15, -0.1) is 0 Å². The molecule has 1 aliphatic rings. The van der Waals surface area contributed by atoms with Crippen LogP contribution >= 0.6 is 0 Å². The second-order valence-electron chi connectivity index (χ2n) is 5.82. The summed E-state index contributed by atoms with van der Waals surface area (Å²) < 4.78 is 5.74. The summed E-state index contributed by atoms with van der Waals surface area (Å²) in [5, 5.41) is 13.3. The van der Waals surface area contributed by atoms with Gasteiger partial charge in [0.05, 0.1) is 18.2 Å². The Morgan fingerprint density at radius 1 is 1.53 bits per heavy atom. The highest BCUT2D eigenvalue weighted by Crippen LogP contribution is 2.51. The SMILES string of the molecule is CCO[C@H]1C[C@@](CO)(NCc2cccnc2)C1(C)C. The molecule has 0 aliphatic heterocycles. The molecule has 2 atom stereocenters. The van der Waals surface area contributed by atoms with Gasteiger partial charge in [0.15, 0.2) is 0 Å². The molecule has 0 amide bonds. The van der Waals surface area contributed by atoms with Gasteiger partial charge in [0.1, 0.15) is 0 Å². The van der Waals surface area contributed by atoms with Gasteiger partial charge in [-0.3, -0.25) is 4.98 Å². The molecule has 0 saturated heterocycles. The minimum atomic E-state index is -0.261. The van der Waals surface area contributed by atoms with E-state index in [1.165, 1.54) is 0 Å². The number of nitrogens with one attached hydrogen (secondary N) is 1. The molecule has 0 aromatic carbocycles. The minimum Gasteiger partial charge on any atom is -0.394 e. The van der Waals surface area contributed by atoms with Crippen molar-refractivity contribution in [2.75, 3.05) is 13.2 Å². The van der Waals surface area contributed by atoms with E-state index in [2.05, 4.69) is 24.1 Å². The smallest absolute Gasteiger partial charge is 0.0663 e. The fourth-order valence-corrected chi connectivity index (χ4v) is 2.88. The number of aliphatic hydroxyl groups is 1. The Kier molecular flexibility index (Phi) is 4.23. The van der Waals surface area contributed by atoms with Crippen molar-refractivity contribution in [3.8, 4) is 0 Å². The van der Waals surface area contributed by atoms with E-state index in [0.717, 1.165) is 25.1 Å². The monoisotopic (exact) mass is 264 g/mol. The molecule has 1 aliphatic carbocycles. The second-order valence-corrected chi connectivity index (χ2v) is 5.82. The van der Waals surface area contributed by atoms with E-state index in [1.54, 1.807) is 6.20 Å². The lowest BCUT2D eigenvalue weighted by molar-refractivity contribution is -0.177. The molecule has 0 spiro atoms. The molecule has 2 N–H and O–H groups in total. The predicted molar refractivity (Wildman–Crippen MR) is 74.7 cm³/mol. The molecule has 0 unspecified atom stereocenters. The van der Waals surface area contributed by atoms with E-state index < -0.39 is 0 Å². The van der Waals surface area contributed by atoms with Crippen molar-refractivity contribution in [3.63, 3.8) is 0 Å². The van der Waals surface area contributed by atoms with Crippen molar-refractivity contribution in [2.24, 2.45) is 5.41 Å². The van der Waals surface area contributed by atoms with Crippen LogP contribution in [-0.2, 0) is 11.3 Å². The number of hydrogen-bond acceptors (Lipinski definition) is 4. The summed E-state index contributed by atoms with van der Waals surface area (Å²) in [5.41, 5.74) is 0.800. The van der Waals surface area contributed by atoms with E-state index in [0.29, 0.717) is 0 Å². The van der Waals surface area contributed by atoms with Gasteiger partial charge in [-0.1, -0.05) is 19.9 Å². The maximum Gasteiger partial charge on any atom is 0.0663 e. The van der Waals surface area contributed by atoms with Crippen molar-refractivity contribution in [3.05, 3.63) is 30.1 Å². The molecule has 1 saturated carbocycles. The number of aromatic nitrogens is 1. The van der Waals surface area contributed by atoms with Crippen LogP contribution in [0, 0.1) is 5.41 Å². The van der Waals surface area contributed by atoms with Gasteiger partial charge in [-0.25, -0.2) is 0 Å². The van der Waals surface area contributed by atoms with Crippen LogP contribution in [0.1, 0.15) is 32.8 Å². The molecule has 1 fully saturated rings. The highest BCUT2D eigenvalue weighted by molar-refractivity contribution is 5.17. The van der Waals surface area contributed by atoms with Crippen molar-refractivity contribution in [1.29, 1.82) is 0 Å². The Labute approximate surface area is 115 Å². The number of hydrogen-bond donors (Lipinski definition) is 2. The van der Waals surface area contributed by atoms with E-state index in [9.17, 15) is 5.11 Å². The third-order valence-corrected chi connectivity index (χ3v) is 4.56. The molecule has 4 heteroatoms. The van der Waals surface area contributed by atoms with Crippen LogP contribution in [0.3, 0.4) is 0 Å². The fraction of sp³-hybridized carbons (Fsp3) is 0.667. The number of ether oxygens (including phenoxy) is 1. The first-order valence-corrected chi connectivity index (χ1v) is 6.92. The maximum absolute atomic E-state index is 9.80. The summed E-state index contributed by atoms with van der Waals surface area (Å²) in [6.07, 6.45) is 4.68. The van der Waals surface area contributed by atoms with E-state index in [1.807, 2.05) is 25.3 Å². The number of aliphatic hydroxyl groups excluding tert-OH is 1. The largest absolute Gasteiger partial charge is 0.394 e. The quantitative estimate of drug-likeness (QED) is 0.821. The zero-order valence-electron chi connectivity index (χ0n) is 12.0. The van der Waals surface area contributed by atoms with Crippen LogP contribution < -0.4 is 5.32 Å². The standard InChI is InChI=1S/C15H24N2O2/c1-4-19-13-8-15(11-18,14(13,2)3)17-10-12-6-5-7-16-9-12/h5-7,9,13,17-18H,4,8,10-11H2,1-3H3/t13-,15-/m0/s1. The van der Waals surface area contributed by atoms with E-state index in [4.69, 9.17) is 4.74 Å². The van der Waals surface area contributed by atoms with E-state index >= 15 is 0 Å². The number of rotatable bonds is 6. The molecule has 1 heterocycles. The lowest BCUT2D eigenvalue weighted by Crippen LogP contribution is -2.73. The van der Waals surface area contributed by atoms with Crippen LogP contribution in [0.4, 0.5) is 0 Å². The Morgan fingerprint density at radius 3 is 2.84 bits per heavy atom. The fourth-order valence-electron chi connectivity index (χ4n) is 2.88. The molecule has 0 radical (unpaired) electrons. The highest BCUT2D eigenvalue weighted by Gasteiger charge is 2.60. The molecule has 0 bridgehead atoms. The van der Waals surface area contributed by atoms with Gasteiger partial charge in [0, 0.05) is 31.0 Å². The zero-order valence-corrected chi connectivity index (χ0v) is 12.0. The first kappa shape index (κ1) is 14.4. The number of pyridine rings is 1. The van der Waals surface area contributed by atoms with Gasteiger partial charge >= 0.3 is 0 Å². The van der Waals surface area contributed by atoms with Crippen molar-refractivity contribution in [2.45, 2.75) is 45.4 Å². The van der Waals surface area contributed by atoms with Gasteiger partial charge in [-0.2, -0.15) is 0 Å². The van der Waals surface area contributed by atoms with Gasteiger partial charge in [0.25, 0.3) is 0 Å². The zero-order chi connectivity index (χ0) is 13.9. The summed E-state index contributed by atoms with van der Waals surface area (Å²) in [4.78, 5) is 4.11. The summed E-state index contributed by atoms with van der Waals surface area (Å²) in [6.45, 7) is 7.89. The molecular formula is C15H24N2O2. The third-order valence-electron chi connectivity index (χ3n) is 4.56. The molecule has 1 aromatic rings. The topological polar surface area (TPSA) is 54.4 Å². The number of nitrogens with zero attached hydrogens (tertiary/aromatic N) is 1. The maximum atomic E-state index is 9.80. The Balaban J connectivity index is 2.01. The molecule has 1 aromatic heterocycles. The minimum absolute atomic E-state index is 0.0695. The van der Waals surface area contributed by atoms with Crippen LogP contribution in [0.25, 0.3) is 0 Å².